The lowest BCUT2D eigenvalue weighted by atomic mass is 9.82. The van der Waals surface area contributed by atoms with Gasteiger partial charge < -0.3 is 33.2 Å². The molecule has 4 fully saturated rings. The minimum atomic E-state index is -3.76. The Morgan fingerprint density at radius 1 is 0.773 bits per heavy atom. The van der Waals surface area contributed by atoms with Crippen LogP contribution in [0.3, 0.4) is 0 Å². The zero-order chi connectivity index (χ0) is 45.6. The summed E-state index contributed by atoms with van der Waals surface area (Å²) in [5.41, 5.74) is 3.20. The molecule has 3 spiro atoms. The van der Waals surface area contributed by atoms with Crippen LogP contribution in [0.1, 0.15) is 114 Å². The van der Waals surface area contributed by atoms with E-state index in [9.17, 15) is 13.2 Å². The van der Waals surface area contributed by atoms with Gasteiger partial charge in [-0.3, -0.25) is 0 Å². The van der Waals surface area contributed by atoms with Crippen LogP contribution in [-0.2, 0) is 54.4 Å². The van der Waals surface area contributed by atoms with Crippen LogP contribution in [0.25, 0.3) is 10.2 Å². The molecule has 5 aliphatic rings. The number of hydrogen-bond acceptors (Lipinski definition) is 12. The third-order valence-corrected chi connectivity index (χ3v) is 17.5. The van der Waals surface area contributed by atoms with E-state index < -0.39 is 63.0 Å². The maximum atomic E-state index is 14.8. The lowest BCUT2D eigenvalue weighted by Gasteiger charge is -2.59. The highest BCUT2D eigenvalue weighted by Gasteiger charge is 2.69. The van der Waals surface area contributed by atoms with E-state index in [4.69, 9.17) is 33.2 Å². The molecule has 13 heteroatoms. The summed E-state index contributed by atoms with van der Waals surface area (Å²) in [7, 11) is -3.76. The molecule has 348 valence electrons. The molecule has 6 heterocycles. The first-order valence-corrected chi connectivity index (χ1v) is 26.0. The second-order valence-corrected chi connectivity index (χ2v) is 22.4. The fourth-order valence-corrected chi connectivity index (χ4v) is 13.7. The Balaban J connectivity index is 0.940. The lowest BCUT2D eigenvalue weighted by Crippen LogP contribution is -2.72. The lowest BCUT2D eigenvalue weighted by molar-refractivity contribution is -0.474. The highest BCUT2D eigenvalue weighted by Crippen LogP contribution is 2.57. The topological polar surface area (TPSA) is 129 Å². The van der Waals surface area contributed by atoms with Crippen LogP contribution < -0.4 is 0 Å². The second kappa shape index (κ2) is 18.3. The van der Waals surface area contributed by atoms with Gasteiger partial charge in [0, 0.05) is 19.3 Å². The number of nitrogens with zero attached hydrogens (tertiary/aromatic N) is 1. The standard InChI is InChI=1S/C53H59NO10S2/c1-36-31-45(37(2)35-66(56,57)49-54-42-23-13-14-26-46(42)65-49)60-51(32-36)47(58-34-38-17-7-4-8-18-38)28-27-41(59-51)33-50(3)48(55)63-52(29-15-24-43(61-52)39-19-9-5-10-20-39)53(64-50)30-16-25-44(62-53)40-21-11-6-12-22-40/h4-14,17-23,26,32,37,41,43-45,47H,15-16,24-25,27-31,33-35H2,1-3H3/t37-,41+,43+,44+,45+,47-,50?,51-,52+,53+/m1/s1. The summed E-state index contributed by atoms with van der Waals surface area (Å²) >= 11 is 1.19. The molecule has 4 saturated heterocycles. The molecule has 0 amide bonds. The Labute approximate surface area is 391 Å². The van der Waals surface area contributed by atoms with Crippen molar-refractivity contribution >= 4 is 37.4 Å². The summed E-state index contributed by atoms with van der Waals surface area (Å²) in [5, 5.41) is 0. The Bertz CT molecular complexity index is 2610. The van der Waals surface area contributed by atoms with Crippen molar-refractivity contribution < 1.29 is 46.4 Å². The maximum Gasteiger partial charge on any atom is 0.341 e. The van der Waals surface area contributed by atoms with Gasteiger partial charge in [0.2, 0.25) is 25.8 Å². The van der Waals surface area contributed by atoms with E-state index in [-0.39, 0.29) is 28.7 Å². The van der Waals surface area contributed by atoms with E-state index in [2.05, 4.69) is 17.1 Å². The predicted molar refractivity (Wildman–Crippen MR) is 250 cm³/mol. The van der Waals surface area contributed by atoms with Gasteiger partial charge in [0.1, 0.15) is 6.10 Å². The van der Waals surface area contributed by atoms with Gasteiger partial charge in [0.15, 0.2) is 5.60 Å². The number of hydrogen-bond donors (Lipinski definition) is 0. The van der Waals surface area contributed by atoms with Gasteiger partial charge in [0.25, 0.3) is 5.79 Å². The van der Waals surface area contributed by atoms with Crippen molar-refractivity contribution in [1.82, 2.24) is 4.98 Å². The van der Waals surface area contributed by atoms with Crippen molar-refractivity contribution in [3.63, 3.8) is 0 Å². The summed E-state index contributed by atoms with van der Waals surface area (Å²) in [4.78, 5) is 19.3. The zero-order valence-electron chi connectivity index (χ0n) is 37.8. The maximum absolute atomic E-state index is 14.8. The van der Waals surface area contributed by atoms with Crippen molar-refractivity contribution in [2.45, 2.75) is 149 Å². The first-order chi connectivity index (χ1) is 31.9. The normalized spacial score (nSPS) is 33.2. The number of carbonyl (C=O) groups is 1. The van der Waals surface area contributed by atoms with Gasteiger partial charge in [-0.05, 0) is 99.6 Å². The third kappa shape index (κ3) is 8.94. The molecule has 0 N–H and O–H groups in total. The van der Waals surface area contributed by atoms with Crippen LogP contribution in [0, 0.1) is 5.92 Å². The number of fused-ring (bicyclic) bond motifs is 2. The van der Waals surface area contributed by atoms with Crippen LogP contribution in [0.5, 0.6) is 0 Å². The number of ether oxygens (including phenoxy) is 7. The number of aromatic nitrogens is 1. The molecule has 5 aliphatic heterocycles. The molecule has 5 aromatic rings. The van der Waals surface area contributed by atoms with Gasteiger partial charge in [-0.15, -0.1) is 11.3 Å². The molecule has 1 aromatic heterocycles. The molecule has 0 saturated carbocycles. The first-order valence-electron chi connectivity index (χ1n) is 23.5. The smallest absolute Gasteiger partial charge is 0.341 e. The van der Waals surface area contributed by atoms with E-state index in [1.54, 1.807) is 6.92 Å². The van der Waals surface area contributed by atoms with E-state index in [0.29, 0.717) is 44.2 Å². The SMILES string of the molecule is CC1=C[C@@]2(O[C@H](CC3(C)O[C@@]4(CCC[C@@H](c5ccccc5)O4)[C@]4(CCC[C@@H](c5ccccc5)O4)OC3=O)CC[C@H]2OCc2ccccc2)O[C@H]([C@H](C)CS(=O)(=O)c2nc3ccccc3s2)C1. The van der Waals surface area contributed by atoms with Crippen molar-refractivity contribution in [3.8, 4) is 0 Å². The largest absolute Gasteiger partial charge is 0.425 e. The van der Waals surface area contributed by atoms with E-state index >= 15 is 0 Å². The fraction of sp³-hybridized carbons (Fsp3) is 0.472. The second-order valence-electron chi connectivity index (χ2n) is 19.1. The van der Waals surface area contributed by atoms with Crippen molar-refractivity contribution in [2.24, 2.45) is 5.92 Å². The number of esters is 1. The average molecular weight is 934 g/mol. The van der Waals surface area contributed by atoms with Crippen LogP contribution in [0.4, 0.5) is 0 Å². The summed E-state index contributed by atoms with van der Waals surface area (Å²) in [6.45, 7) is 6.04. The van der Waals surface area contributed by atoms with Gasteiger partial charge >= 0.3 is 5.97 Å². The van der Waals surface area contributed by atoms with E-state index in [0.717, 1.165) is 52.6 Å². The Morgan fingerprint density at radius 2 is 1.39 bits per heavy atom. The number of thiazole rings is 1. The molecule has 0 radical (unpaired) electrons. The number of rotatable bonds is 11. The molecule has 0 bridgehead atoms. The molecular weight excluding hydrogens is 875 g/mol. The summed E-state index contributed by atoms with van der Waals surface area (Å²) in [5.74, 6) is -5.40. The van der Waals surface area contributed by atoms with Crippen LogP contribution in [0.15, 0.2) is 131 Å². The molecular formula is C53H59NO10S2. The molecule has 10 rings (SSSR count). The zero-order valence-corrected chi connectivity index (χ0v) is 39.5. The number of para-hydroxylation sites is 1. The van der Waals surface area contributed by atoms with E-state index in [1.807, 2.05) is 123 Å². The third-order valence-electron chi connectivity index (χ3n) is 14.0. The van der Waals surface area contributed by atoms with Crippen LogP contribution in [0.2, 0.25) is 0 Å². The monoisotopic (exact) mass is 933 g/mol. The quantitative estimate of drug-likeness (QED) is 0.0927. The Morgan fingerprint density at radius 3 is 2.08 bits per heavy atom. The predicted octanol–water partition coefficient (Wildman–Crippen LogP) is 10.9. The van der Waals surface area contributed by atoms with Gasteiger partial charge in [-0.25, -0.2) is 18.2 Å². The number of carbonyl (C=O) groups excluding carboxylic acids is 1. The fourth-order valence-electron chi connectivity index (χ4n) is 10.8. The van der Waals surface area contributed by atoms with E-state index in [1.165, 1.54) is 11.3 Å². The van der Waals surface area contributed by atoms with Crippen LogP contribution >= 0.6 is 11.3 Å². The summed E-state index contributed by atoms with van der Waals surface area (Å²) in [6, 6.07) is 37.6. The highest BCUT2D eigenvalue weighted by atomic mass is 32.2. The van der Waals surface area contributed by atoms with Gasteiger partial charge in [0.05, 0.1) is 47.0 Å². The van der Waals surface area contributed by atoms with Crippen molar-refractivity contribution in [3.05, 3.63) is 144 Å². The molecule has 4 aromatic carbocycles. The summed E-state index contributed by atoms with van der Waals surface area (Å²) < 4.78 is 78.0. The molecule has 11 nitrogen and oxygen atoms in total. The average Bonchev–Trinajstić information content (AvgIpc) is 3.78. The van der Waals surface area contributed by atoms with Gasteiger partial charge in [-0.2, -0.15) is 0 Å². The van der Waals surface area contributed by atoms with Crippen molar-refractivity contribution in [2.75, 3.05) is 5.75 Å². The number of benzene rings is 4. The first kappa shape index (κ1) is 45.5. The minimum Gasteiger partial charge on any atom is -0.425 e. The Hall–Kier alpha value is -4.31. The molecule has 1 unspecified atom stereocenters. The summed E-state index contributed by atoms with van der Waals surface area (Å²) in [6.07, 6.45) is 5.44. The number of sulfone groups is 1. The highest BCUT2D eigenvalue weighted by molar-refractivity contribution is 7.93. The molecule has 66 heavy (non-hydrogen) atoms. The minimum absolute atomic E-state index is 0.102. The van der Waals surface area contributed by atoms with Crippen LogP contribution in [-0.4, -0.2) is 66.4 Å². The Kier molecular flexibility index (Phi) is 12.6. The van der Waals surface area contributed by atoms with Crippen molar-refractivity contribution in [1.29, 1.82) is 0 Å². The molecule has 0 aliphatic carbocycles. The van der Waals surface area contributed by atoms with Gasteiger partial charge in [-0.1, -0.05) is 116 Å². The molecule has 10 atom stereocenters.